The summed E-state index contributed by atoms with van der Waals surface area (Å²) in [5, 5.41) is 2.15. The summed E-state index contributed by atoms with van der Waals surface area (Å²) in [6.45, 7) is 0.427. The van der Waals surface area contributed by atoms with Gasteiger partial charge in [0.05, 0.1) is 12.6 Å². The Morgan fingerprint density at radius 3 is 2.61 bits per heavy atom. The third kappa shape index (κ3) is 3.46. The molecule has 1 aliphatic rings. The number of thioether (sulfide) groups is 1. The molecule has 0 saturated carbocycles. The minimum atomic E-state index is -0.403. The van der Waals surface area contributed by atoms with Crippen LogP contribution >= 0.6 is 11.8 Å². The quantitative estimate of drug-likeness (QED) is 0.834. The van der Waals surface area contributed by atoms with Gasteiger partial charge in [0.1, 0.15) is 11.6 Å². The van der Waals surface area contributed by atoms with Crippen molar-refractivity contribution in [2.45, 2.75) is 18.9 Å². The van der Waals surface area contributed by atoms with Crippen LogP contribution in [0.25, 0.3) is 0 Å². The van der Waals surface area contributed by atoms with Crippen molar-refractivity contribution in [3.8, 4) is 5.75 Å². The van der Waals surface area contributed by atoms with E-state index in [2.05, 4.69) is 5.32 Å². The van der Waals surface area contributed by atoms with Gasteiger partial charge < -0.3 is 10.1 Å². The summed E-state index contributed by atoms with van der Waals surface area (Å²) in [5.74, 6) is 0.284. The van der Waals surface area contributed by atoms with Crippen LogP contribution in [-0.4, -0.2) is 23.0 Å². The Morgan fingerprint density at radius 2 is 2.00 bits per heavy atom. The fourth-order valence-electron chi connectivity index (χ4n) is 1.59. The van der Waals surface area contributed by atoms with Gasteiger partial charge in [-0.1, -0.05) is 0 Å². The molecule has 1 aromatic rings. The van der Waals surface area contributed by atoms with E-state index in [0.717, 1.165) is 0 Å². The maximum Gasteiger partial charge on any atom is 0.287 e. The molecule has 0 aliphatic carbocycles. The van der Waals surface area contributed by atoms with Gasteiger partial charge in [-0.05, 0) is 37.1 Å². The maximum absolute atomic E-state index is 12.6. The summed E-state index contributed by atoms with van der Waals surface area (Å²) in [6, 6.07) is 5.35. The Kier molecular flexibility index (Phi) is 4.19. The van der Waals surface area contributed by atoms with E-state index in [1.807, 2.05) is 0 Å². The molecule has 0 bridgehead atoms. The van der Waals surface area contributed by atoms with E-state index in [9.17, 15) is 14.0 Å². The molecule has 4 nitrogen and oxygen atoms in total. The maximum atomic E-state index is 12.6. The highest BCUT2D eigenvalue weighted by Crippen LogP contribution is 2.19. The minimum absolute atomic E-state index is 0.137. The summed E-state index contributed by atoms with van der Waals surface area (Å²) < 4.78 is 18.0. The zero-order valence-corrected chi connectivity index (χ0v) is 10.3. The number of hydrogen-bond donors (Lipinski definition) is 1. The number of nitrogens with one attached hydrogen (secondary N) is 1. The smallest absolute Gasteiger partial charge is 0.287 e. The third-order valence-corrected chi connectivity index (χ3v) is 3.28. The Hall–Kier alpha value is -1.56. The van der Waals surface area contributed by atoms with E-state index in [-0.39, 0.29) is 16.2 Å². The lowest BCUT2D eigenvalue weighted by Crippen LogP contribution is -2.28. The molecular weight excluding hydrogens is 257 g/mol. The molecule has 1 atom stereocenters. The average molecular weight is 269 g/mol. The SMILES string of the molecule is O=C1NC(CCCOc2ccc(F)cc2)C(=O)S1. The standard InChI is InChI=1S/C12H12FNO3S/c13-8-3-5-9(6-4-8)17-7-1-2-10-11(15)18-12(16)14-10/h3-6,10H,1-2,7H2,(H,14,16). The summed E-state index contributed by atoms with van der Waals surface area (Å²) in [5.41, 5.74) is 0. The van der Waals surface area contributed by atoms with E-state index in [4.69, 9.17) is 4.74 Å². The summed E-state index contributed by atoms with van der Waals surface area (Å²) in [7, 11) is 0. The Bertz CT molecular complexity index is 449. The van der Waals surface area contributed by atoms with Crippen LogP contribution in [0.5, 0.6) is 5.75 Å². The predicted molar refractivity (Wildman–Crippen MR) is 66.0 cm³/mol. The highest BCUT2D eigenvalue weighted by atomic mass is 32.2. The monoisotopic (exact) mass is 269 g/mol. The summed E-state index contributed by atoms with van der Waals surface area (Å²) >= 11 is 0.713. The molecule has 0 aromatic heterocycles. The number of rotatable bonds is 5. The van der Waals surface area contributed by atoms with Gasteiger partial charge in [-0.3, -0.25) is 9.59 Å². The fourth-order valence-corrected chi connectivity index (χ4v) is 2.29. The number of amides is 1. The molecule has 1 aromatic carbocycles. The van der Waals surface area contributed by atoms with Crippen LogP contribution in [0.4, 0.5) is 9.18 Å². The predicted octanol–water partition coefficient (Wildman–Crippen LogP) is 2.34. The Morgan fingerprint density at radius 1 is 1.28 bits per heavy atom. The van der Waals surface area contributed by atoms with Crippen molar-refractivity contribution >= 4 is 22.1 Å². The van der Waals surface area contributed by atoms with E-state index in [1.54, 1.807) is 12.1 Å². The van der Waals surface area contributed by atoms with Crippen LogP contribution in [0.3, 0.4) is 0 Å². The van der Waals surface area contributed by atoms with Crippen LogP contribution in [0.1, 0.15) is 12.8 Å². The first kappa shape index (κ1) is 12.9. The topological polar surface area (TPSA) is 55.4 Å². The van der Waals surface area contributed by atoms with Crippen molar-refractivity contribution < 1.29 is 18.7 Å². The third-order valence-electron chi connectivity index (χ3n) is 2.49. The molecule has 1 N–H and O–H groups in total. The lowest BCUT2D eigenvalue weighted by atomic mass is 10.2. The molecule has 96 valence electrons. The van der Waals surface area contributed by atoms with Crippen LogP contribution in [0.2, 0.25) is 0 Å². The molecular formula is C12H12FNO3S. The number of benzene rings is 1. The molecule has 1 amide bonds. The molecule has 0 spiro atoms. The largest absolute Gasteiger partial charge is 0.494 e. The van der Waals surface area contributed by atoms with Crippen molar-refractivity contribution in [3.63, 3.8) is 0 Å². The first-order chi connectivity index (χ1) is 8.65. The van der Waals surface area contributed by atoms with Gasteiger partial charge in [0.25, 0.3) is 5.24 Å². The van der Waals surface area contributed by atoms with Gasteiger partial charge in [-0.15, -0.1) is 0 Å². The van der Waals surface area contributed by atoms with Gasteiger partial charge in [0, 0.05) is 11.8 Å². The average Bonchev–Trinajstić information content (AvgIpc) is 2.66. The minimum Gasteiger partial charge on any atom is -0.494 e. The highest BCUT2D eigenvalue weighted by Gasteiger charge is 2.30. The van der Waals surface area contributed by atoms with Crippen molar-refractivity contribution in [2.24, 2.45) is 0 Å². The van der Waals surface area contributed by atoms with Gasteiger partial charge in [-0.2, -0.15) is 0 Å². The summed E-state index contributed by atoms with van der Waals surface area (Å²) in [6.07, 6.45) is 1.20. The second kappa shape index (κ2) is 5.86. The normalized spacial score (nSPS) is 18.8. The first-order valence-corrected chi connectivity index (χ1v) is 6.37. The molecule has 1 unspecified atom stereocenters. The number of hydrogen-bond acceptors (Lipinski definition) is 4. The second-order valence-corrected chi connectivity index (χ2v) is 4.83. The molecule has 1 saturated heterocycles. The van der Waals surface area contributed by atoms with E-state index in [1.165, 1.54) is 12.1 Å². The number of carbonyl (C=O) groups excluding carboxylic acids is 2. The number of carbonyl (C=O) groups is 2. The van der Waals surface area contributed by atoms with Crippen LogP contribution < -0.4 is 10.1 Å². The van der Waals surface area contributed by atoms with Crippen LogP contribution in [0.15, 0.2) is 24.3 Å². The number of ether oxygens (including phenoxy) is 1. The first-order valence-electron chi connectivity index (χ1n) is 5.56. The molecule has 2 rings (SSSR count). The molecule has 6 heteroatoms. The lowest BCUT2D eigenvalue weighted by Gasteiger charge is -2.08. The Balaban J connectivity index is 1.68. The molecule has 1 aliphatic heterocycles. The molecule has 18 heavy (non-hydrogen) atoms. The van der Waals surface area contributed by atoms with Gasteiger partial charge >= 0.3 is 0 Å². The zero-order valence-electron chi connectivity index (χ0n) is 9.52. The Labute approximate surface area is 108 Å². The van der Waals surface area contributed by atoms with E-state index in [0.29, 0.717) is 37.0 Å². The molecule has 1 heterocycles. The van der Waals surface area contributed by atoms with Gasteiger partial charge in [0.2, 0.25) is 5.12 Å². The van der Waals surface area contributed by atoms with Crippen LogP contribution in [-0.2, 0) is 4.79 Å². The molecule has 0 radical (unpaired) electrons. The zero-order chi connectivity index (χ0) is 13.0. The lowest BCUT2D eigenvalue weighted by molar-refractivity contribution is -0.112. The van der Waals surface area contributed by atoms with Crippen LogP contribution in [0, 0.1) is 5.82 Å². The van der Waals surface area contributed by atoms with Gasteiger partial charge in [0.15, 0.2) is 0 Å². The van der Waals surface area contributed by atoms with E-state index < -0.39 is 6.04 Å². The van der Waals surface area contributed by atoms with Gasteiger partial charge in [-0.25, -0.2) is 4.39 Å². The van der Waals surface area contributed by atoms with Crippen molar-refractivity contribution in [2.75, 3.05) is 6.61 Å². The summed E-state index contributed by atoms with van der Waals surface area (Å²) in [4.78, 5) is 22.2. The highest BCUT2D eigenvalue weighted by molar-refractivity contribution is 8.26. The fraction of sp³-hybridized carbons (Fsp3) is 0.333. The second-order valence-electron chi connectivity index (χ2n) is 3.85. The van der Waals surface area contributed by atoms with E-state index >= 15 is 0 Å². The van der Waals surface area contributed by atoms with Crippen molar-refractivity contribution in [3.05, 3.63) is 30.1 Å². The van der Waals surface area contributed by atoms with Crippen molar-refractivity contribution in [1.29, 1.82) is 0 Å². The number of halogens is 1. The van der Waals surface area contributed by atoms with Crippen molar-refractivity contribution in [1.82, 2.24) is 5.32 Å². The molecule has 1 fully saturated rings.